The third-order valence-electron chi connectivity index (χ3n) is 3.49. The average Bonchev–Trinajstić information content (AvgIpc) is 2.90. The zero-order valence-corrected chi connectivity index (χ0v) is 12.7. The molecule has 20 heavy (non-hydrogen) atoms. The first-order chi connectivity index (χ1) is 9.34. The number of amides is 1. The number of sulfone groups is 1. The summed E-state index contributed by atoms with van der Waals surface area (Å²) < 4.78 is 25.0. The monoisotopic (exact) mass is 316 g/mol. The number of benzene rings is 1. The molecule has 1 unspecified atom stereocenters. The molecule has 0 aromatic heterocycles. The molecule has 1 aliphatic rings. The number of hydrogen-bond acceptors (Lipinski definition) is 4. The molecular weight excluding hydrogens is 300 g/mol. The fourth-order valence-electron chi connectivity index (χ4n) is 2.27. The van der Waals surface area contributed by atoms with Gasteiger partial charge in [-0.2, -0.15) is 0 Å². The van der Waals surface area contributed by atoms with Crippen molar-refractivity contribution in [3.05, 3.63) is 23.2 Å². The largest absolute Gasteiger partial charge is 0.399 e. The molecule has 0 radical (unpaired) electrons. The first kappa shape index (κ1) is 15.1. The van der Waals surface area contributed by atoms with E-state index < -0.39 is 15.1 Å². The van der Waals surface area contributed by atoms with E-state index in [9.17, 15) is 13.2 Å². The normalized spacial score (nSPS) is 17.2. The third kappa shape index (κ3) is 2.76. The molecule has 0 bridgehead atoms. The van der Waals surface area contributed by atoms with Crippen LogP contribution in [0.2, 0.25) is 5.02 Å². The van der Waals surface area contributed by atoms with Crippen molar-refractivity contribution < 1.29 is 13.2 Å². The number of nitrogens with two attached hydrogens (primary N) is 1. The Morgan fingerprint density at radius 1 is 1.35 bits per heavy atom. The van der Waals surface area contributed by atoms with E-state index in [2.05, 4.69) is 0 Å². The number of anilines is 1. The van der Waals surface area contributed by atoms with Gasteiger partial charge in [-0.15, -0.1) is 0 Å². The zero-order valence-electron chi connectivity index (χ0n) is 11.2. The predicted octanol–water partition coefficient (Wildman–Crippen LogP) is 1.71. The maximum atomic E-state index is 12.5. The summed E-state index contributed by atoms with van der Waals surface area (Å²) in [6.45, 7) is 2.64. The number of rotatable bonds is 3. The van der Waals surface area contributed by atoms with Gasteiger partial charge in [0.1, 0.15) is 5.25 Å². The second-order valence-electron chi connectivity index (χ2n) is 4.91. The molecule has 1 saturated heterocycles. The van der Waals surface area contributed by atoms with Crippen molar-refractivity contribution in [3.63, 3.8) is 0 Å². The average molecular weight is 317 g/mol. The Kier molecular flexibility index (Phi) is 4.25. The van der Waals surface area contributed by atoms with Crippen LogP contribution in [0.15, 0.2) is 23.1 Å². The number of hydrogen-bond donors (Lipinski definition) is 1. The lowest BCUT2D eigenvalue weighted by Crippen LogP contribution is -2.40. The van der Waals surface area contributed by atoms with Crippen LogP contribution < -0.4 is 5.73 Å². The van der Waals surface area contributed by atoms with Gasteiger partial charge in [-0.25, -0.2) is 8.42 Å². The van der Waals surface area contributed by atoms with Crippen molar-refractivity contribution >= 4 is 33.0 Å². The molecule has 1 amide bonds. The summed E-state index contributed by atoms with van der Waals surface area (Å²) >= 11 is 5.94. The van der Waals surface area contributed by atoms with E-state index in [0.717, 1.165) is 12.8 Å². The maximum absolute atomic E-state index is 12.5. The number of nitrogen functional groups attached to an aromatic ring is 1. The first-order valence-corrected chi connectivity index (χ1v) is 8.34. The Bertz CT molecular complexity index is 625. The summed E-state index contributed by atoms with van der Waals surface area (Å²) in [4.78, 5) is 13.8. The summed E-state index contributed by atoms with van der Waals surface area (Å²) in [5.74, 6) is -0.365. The van der Waals surface area contributed by atoms with Crippen LogP contribution in [0.1, 0.15) is 19.8 Å². The quantitative estimate of drug-likeness (QED) is 0.861. The van der Waals surface area contributed by atoms with Gasteiger partial charge < -0.3 is 10.6 Å². The van der Waals surface area contributed by atoms with Crippen LogP contribution in [0.3, 0.4) is 0 Å². The van der Waals surface area contributed by atoms with Crippen molar-refractivity contribution in [2.75, 3.05) is 18.8 Å². The van der Waals surface area contributed by atoms with Crippen molar-refractivity contribution in [3.8, 4) is 0 Å². The Labute approximate surface area is 123 Å². The zero-order chi connectivity index (χ0) is 14.9. The molecule has 5 nitrogen and oxygen atoms in total. The molecule has 110 valence electrons. The summed E-state index contributed by atoms with van der Waals surface area (Å²) in [6, 6.07) is 4.19. The Morgan fingerprint density at radius 2 is 1.95 bits per heavy atom. The van der Waals surface area contributed by atoms with E-state index in [-0.39, 0.29) is 15.8 Å². The van der Waals surface area contributed by atoms with Gasteiger partial charge in [-0.3, -0.25) is 4.79 Å². The van der Waals surface area contributed by atoms with Crippen molar-refractivity contribution in [1.82, 2.24) is 4.90 Å². The van der Waals surface area contributed by atoms with E-state index in [1.54, 1.807) is 4.90 Å². The highest BCUT2D eigenvalue weighted by Crippen LogP contribution is 2.28. The van der Waals surface area contributed by atoms with Crippen LogP contribution in [0.25, 0.3) is 0 Å². The van der Waals surface area contributed by atoms with Gasteiger partial charge in [-0.05, 0) is 38.0 Å². The highest BCUT2D eigenvalue weighted by atomic mass is 35.5. The van der Waals surface area contributed by atoms with Crippen LogP contribution in [0.5, 0.6) is 0 Å². The summed E-state index contributed by atoms with van der Waals surface area (Å²) in [6.07, 6.45) is 1.84. The molecule has 1 aliphatic heterocycles. The third-order valence-corrected chi connectivity index (χ3v) is 6.02. The molecule has 1 fully saturated rings. The maximum Gasteiger partial charge on any atom is 0.241 e. The lowest BCUT2D eigenvalue weighted by atomic mass is 10.3. The lowest BCUT2D eigenvalue weighted by Gasteiger charge is -2.20. The molecule has 0 spiro atoms. The summed E-state index contributed by atoms with van der Waals surface area (Å²) in [7, 11) is -3.80. The predicted molar refractivity (Wildman–Crippen MR) is 78.3 cm³/mol. The van der Waals surface area contributed by atoms with Crippen LogP contribution >= 0.6 is 11.6 Å². The van der Waals surface area contributed by atoms with Gasteiger partial charge >= 0.3 is 0 Å². The summed E-state index contributed by atoms with van der Waals surface area (Å²) in [5, 5.41) is -1.09. The topological polar surface area (TPSA) is 80.5 Å². The fraction of sp³-hybridized carbons (Fsp3) is 0.462. The molecule has 1 heterocycles. The molecule has 1 atom stereocenters. The molecule has 0 aliphatic carbocycles. The van der Waals surface area contributed by atoms with Crippen molar-refractivity contribution in [2.24, 2.45) is 0 Å². The Hall–Kier alpha value is -1.27. The molecule has 1 aromatic rings. The minimum Gasteiger partial charge on any atom is -0.399 e. The van der Waals surface area contributed by atoms with Crippen molar-refractivity contribution in [1.29, 1.82) is 0 Å². The SMILES string of the molecule is CC(C(=O)N1CCCC1)S(=O)(=O)c1ccc(N)cc1Cl. The Balaban J connectivity index is 2.31. The van der Waals surface area contributed by atoms with E-state index in [1.165, 1.54) is 25.1 Å². The number of carbonyl (C=O) groups is 1. The van der Waals surface area contributed by atoms with E-state index in [1.807, 2.05) is 0 Å². The van der Waals surface area contributed by atoms with Crippen LogP contribution in [-0.2, 0) is 14.6 Å². The minimum atomic E-state index is -3.80. The number of carbonyl (C=O) groups excluding carboxylic acids is 1. The van der Waals surface area contributed by atoms with Gasteiger partial charge in [-0.1, -0.05) is 11.6 Å². The number of nitrogens with zero attached hydrogens (tertiary/aromatic N) is 1. The van der Waals surface area contributed by atoms with Crippen LogP contribution in [-0.4, -0.2) is 37.6 Å². The molecule has 2 rings (SSSR count). The summed E-state index contributed by atoms with van der Waals surface area (Å²) in [5.41, 5.74) is 5.93. The van der Waals surface area contributed by atoms with E-state index in [4.69, 9.17) is 17.3 Å². The molecular formula is C13H17ClN2O3S. The second kappa shape index (κ2) is 5.61. The Morgan fingerprint density at radius 3 is 2.50 bits per heavy atom. The van der Waals surface area contributed by atoms with Crippen LogP contribution in [0.4, 0.5) is 5.69 Å². The molecule has 7 heteroatoms. The smallest absolute Gasteiger partial charge is 0.241 e. The number of halogens is 1. The molecule has 1 aromatic carbocycles. The highest BCUT2D eigenvalue weighted by molar-refractivity contribution is 7.92. The van der Waals surface area contributed by atoms with Crippen LogP contribution in [0, 0.1) is 0 Å². The van der Waals surface area contributed by atoms with Gasteiger partial charge in [0, 0.05) is 18.8 Å². The van der Waals surface area contributed by atoms with E-state index in [0.29, 0.717) is 18.8 Å². The van der Waals surface area contributed by atoms with Gasteiger partial charge in [0.15, 0.2) is 9.84 Å². The van der Waals surface area contributed by atoms with Gasteiger partial charge in [0.25, 0.3) is 0 Å². The van der Waals surface area contributed by atoms with Crippen molar-refractivity contribution in [2.45, 2.75) is 29.9 Å². The lowest BCUT2D eigenvalue weighted by molar-refractivity contribution is -0.129. The second-order valence-corrected chi connectivity index (χ2v) is 7.55. The minimum absolute atomic E-state index is 0.0473. The standard InChI is InChI=1S/C13H17ClN2O3S/c1-9(13(17)16-6-2-3-7-16)20(18,19)12-5-4-10(15)8-11(12)14/h4-5,8-9H,2-3,6-7,15H2,1H3. The highest BCUT2D eigenvalue weighted by Gasteiger charge is 2.35. The fourth-order valence-corrected chi connectivity index (χ4v) is 4.16. The van der Waals surface area contributed by atoms with E-state index >= 15 is 0 Å². The van der Waals surface area contributed by atoms with Gasteiger partial charge in [0.05, 0.1) is 9.92 Å². The number of likely N-dealkylation sites (tertiary alicyclic amines) is 1. The molecule has 0 saturated carbocycles. The first-order valence-electron chi connectivity index (χ1n) is 6.42. The van der Waals surface area contributed by atoms with Gasteiger partial charge in [0.2, 0.25) is 5.91 Å². The molecule has 2 N–H and O–H groups in total.